The number of rotatable bonds is 8. The molecule has 4 rings (SSSR count). The zero-order chi connectivity index (χ0) is 22.5. The fourth-order valence-corrected chi connectivity index (χ4v) is 4.14. The monoisotopic (exact) mass is 449 g/mol. The molecule has 0 aliphatic heterocycles. The number of hydrogen-bond donors (Lipinski definition) is 1. The lowest BCUT2D eigenvalue weighted by molar-refractivity contribution is 0.0936. The summed E-state index contributed by atoms with van der Waals surface area (Å²) in [6.07, 6.45) is 4.96. The summed E-state index contributed by atoms with van der Waals surface area (Å²) in [6, 6.07) is 9.57. The van der Waals surface area contributed by atoms with Crippen LogP contribution in [0.15, 0.2) is 54.3 Å². The second kappa shape index (κ2) is 9.71. The van der Waals surface area contributed by atoms with Gasteiger partial charge in [-0.25, -0.2) is 4.98 Å². The Morgan fingerprint density at radius 3 is 2.66 bits per heavy atom. The highest BCUT2D eigenvalue weighted by atomic mass is 32.1. The first-order valence-corrected chi connectivity index (χ1v) is 10.9. The van der Waals surface area contributed by atoms with Crippen LogP contribution in [-0.2, 0) is 4.74 Å². The molecule has 0 bridgehead atoms. The van der Waals surface area contributed by atoms with Crippen molar-refractivity contribution in [3.05, 3.63) is 65.6 Å². The van der Waals surface area contributed by atoms with E-state index in [9.17, 15) is 4.79 Å². The van der Waals surface area contributed by atoms with Crippen molar-refractivity contribution in [1.82, 2.24) is 24.8 Å². The van der Waals surface area contributed by atoms with Gasteiger partial charge in [-0.3, -0.25) is 14.8 Å². The molecule has 1 aromatic carbocycles. The fraction of sp³-hybridized carbons (Fsp3) is 0.217. The van der Waals surface area contributed by atoms with Crippen LogP contribution in [0, 0.1) is 6.92 Å². The van der Waals surface area contributed by atoms with Gasteiger partial charge >= 0.3 is 0 Å². The number of ether oxygens (including phenoxy) is 2. The molecule has 4 aromatic rings. The molecule has 0 fully saturated rings. The Morgan fingerprint density at radius 1 is 1.16 bits per heavy atom. The molecule has 1 N–H and O–H groups in total. The maximum Gasteiger partial charge on any atom is 0.253 e. The third-order valence-electron chi connectivity index (χ3n) is 4.96. The largest absolute Gasteiger partial charge is 0.497 e. The quantitative estimate of drug-likeness (QED) is 0.412. The number of methoxy groups -OCH3 is 2. The van der Waals surface area contributed by atoms with Gasteiger partial charge in [-0.15, -0.1) is 11.3 Å². The van der Waals surface area contributed by atoms with Gasteiger partial charge in [0, 0.05) is 42.8 Å². The minimum Gasteiger partial charge on any atom is -0.497 e. The summed E-state index contributed by atoms with van der Waals surface area (Å²) in [5.41, 5.74) is 4.58. The number of nitrogens with one attached hydrogen (secondary N) is 1. The smallest absolute Gasteiger partial charge is 0.253 e. The van der Waals surface area contributed by atoms with E-state index in [2.05, 4.69) is 15.3 Å². The first-order chi connectivity index (χ1) is 15.6. The molecule has 0 unspecified atom stereocenters. The Morgan fingerprint density at radius 2 is 1.97 bits per heavy atom. The number of aromatic nitrogens is 4. The van der Waals surface area contributed by atoms with Crippen LogP contribution in [-0.4, -0.2) is 52.8 Å². The highest BCUT2D eigenvalue weighted by Crippen LogP contribution is 2.33. The van der Waals surface area contributed by atoms with Crippen LogP contribution in [0.5, 0.6) is 5.75 Å². The average Bonchev–Trinajstić information content (AvgIpc) is 3.45. The summed E-state index contributed by atoms with van der Waals surface area (Å²) in [7, 11) is 3.24. The number of nitrogens with zero attached hydrogens (tertiary/aromatic N) is 4. The van der Waals surface area contributed by atoms with Crippen LogP contribution in [0.2, 0.25) is 0 Å². The predicted octanol–water partition coefficient (Wildman–Crippen LogP) is 3.75. The zero-order valence-corrected chi connectivity index (χ0v) is 18.8. The van der Waals surface area contributed by atoms with Crippen LogP contribution < -0.4 is 10.1 Å². The molecule has 0 atom stereocenters. The first kappa shape index (κ1) is 21.7. The van der Waals surface area contributed by atoms with Gasteiger partial charge in [-0.2, -0.15) is 0 Å². The maximum atomic E-state index is 12.9. The molecular weight excluding hydrogens is 426 g/mol. The molecular formula is C23H23N5O3S. The molecule has 3 heterocycles. The molecule has 0 radical (unpaired) electrons. The van der Waals surface area contributed by atoms with E-state index in [0.29, 0.717) is 24.4 Å². The zero-order valence-electron chi connectivity index (χ0n) is 18.0. The summed E-state index contributed by atoms with van der Waals surface area (Å²) in [5.74, 6) is 0.605. The summed E-state index contributed by atoms with van der Waals surface area (Å²) >= 11 is 1.48. The lowest BCUT2D eigenvalue weighted by atomic mass is 10.2. The number of carbonyl (C=O) groups is 1. The number of hydrogen-bond acceptors (Lipinski definition) is 7. The van der Waals surface area contributed by atoms with Crippen LogP contribution in [0.3, 0.4) is 0 Å². The number of amides is 1. The Labute approximate surface area is 189 Å². The van der Waals surface area contributed by atoms with E-state index in [1.54, 1.807) is 32.8 Å². The second-order valence-electron chi connectivity index (χ2n) is 6.94. The van der Waals surface area contributed by atoms with Crippen molar-refractivity contribution in [2.75, 3.05) is 27.4 Å². The van der Waals surface area contributed by atoms with Crippen molar-refractivity contribution in [3.8, 4) is 33.5 Å². The molecule has 164 valence electrons. The number of benzene rings is 1. The van der Waals surface area contributed by atoms with Crippen molar-refractivity contribution < 1.29 is 14.3 Å². The topological polar surface area (TPSA) is 91.2 Å². The Bertz CT molecular complexity index is 1200. The van der Waals surface area contributed by atoms with Gasteiger partial charge in [0.05, 0.1) is 36.9 Å². The lowest BCUT2D eigenvalue weighted by Crippen LogP contribution is -2.27. The molecule has 32 heavy (non-hydrogen) atoms. The van der Waals surface area contributed by atoms with Crippen LogP contribution in [0.1, 0.15) is 16.1 Å². The standard InChI is InChI=1S/C23H23N5O3S/c1-15-18(22(29)26-10-11-30-2)12-21(28(15)16-4-6-17(31-3)7-5-16)20-14-32-23(27-20)19-13-24-8-9-25-19/h4-9,12-14H,10-11H2,1-3H3,(H,26,29). The SMILES string of the molecule is COCCNC(=O)c1cc(-c2csc(-c3cnccn3)n2)n(-c2ccc(OC)cc2)c1C. The summed E-state index contributed by atoms with van der Waals surface area (Å²) < 4.78 is 12.4. The van der Waals surface area contributed by atoms with Gasteiger partial charge in [0.15, 0.2) is 0 Å². The molecule has 8 nitrogen and oxygen atoms in total. The van der Waals surface area contributed by atoms with Crippen molar-refractivity contribution in [3.63, 3.8) is 0 Å². The molecule has 9 heteroatoms. The van der Waals surface area contributed by atoms with Gasteiger partial charge in [0.25, 0.3) is 5.91 Å². The van der Waals surface area contributed by atoms with Gasteiger partial charge in [0.1, 0.15) is 16.5 Å². The molecule has 0 aliphatic carbocycles. The van der Waals surface area contributed by atoms with E-state index < -0.39 is 0 Å². The minimum absolute atomic E-state index is 0.155. The normalized spacial score (nSPS) is 10.8. The molecule has 0 saturated heterocycles. The average molecular weight is 450 g/mol. The van der Waals surface area contributed by atoms with Crippen molar-refractivity contribution in [1.29, 1.82) is 0 Å². The summed E-state index contributed by atoms with van der Waals surface area (Å²) in [4.78, 5) is 26.1. The van der Waals surface area contributed by atoms with Crippen LogP contribution in [0.4, 0.5) is 0 Å². The Hall–Kier alpha value is -3.56. The second-order valence-corrected chi connectivity index (χ2v) is 7.80. The van der Waals surface area contributed by atoms with E-state index in [-0.39, 0.29) is 5.91 Å². The fourth-order valence-electron chi connectivity index (χ4n) is 3.37. The molecule has 0 aliphatic rings. The predicted molar refractivity (Wildman–Crippen MR) is 123 cm³/mol. The lowest BCUT2D eigenvalue weighted by Gasteiger charge is -2.12. The number of thiazole rings is 1. The van der Waals surface area contributed by atoms with Gasteiger partial charge in [0.2, 0.25) is 0 Å². The van der Waals surface area contributed by atoms with E-state index in [4.69, 9.17) is 14.5 Å². The van der Waals surface area contributed by atoms with E-state index >= 15 is 0 Å². The molecule has 3 aromatic heterocycles. The Balaban J connectivity index is 1.78. The Kier molecular flexibility index (Phi) is 6.58. The van der Waals surface area contributed by atoms with E-state index in [1.165, 1.54) is 11.3 Å². The van der Waals surface area contributed by atoms with E-state index in [1.807, 2.05) is 47.2 Å². The maximum absolute atomic E-state index is 12.9. The van der Waals surface area contributed by atoms with E-state index in [0.717, 1.165) is 33.5 Å². The van der Waals surface area contributed by atoms with Crippen molar-refractivity contribution in [2.45, 2.75) is 6.92 Å². The minimum atomic E-state index is -0.155. The van der Waals surface area contributed by atoms with Gasteiger partial charge in [-0.05, 0) is 37.3 Å². The van der Waals surface area contributed by atoms with Crippen molar-refractivity contribution >= 4 is 17.2 Å². The highest BCUT2D eigenvalue weighted by Gasteiger charge is 2.21. The highest BCUT2D eigenvalue weighted by molar-refractivity contribution is 7.13. The molecule has 0 saturated carbocycles. The molecule has 1 amide bonds. The third-order valence-corrected chi connectivity index (χ3v) is 5.83. The van der Waals surface area contributed by atoms with Gasteiger partial charge in [-0.1, -0.05) is 0 Å². The third kappa shape index (κ3) is 4.39. The summed E-state index contributed by atoms with van der Waals surface area (Å²) in [5, 5.41) is 5.63. The van der Waals surface area contributed by atoms with Gasteiger partial charge < -0.3 is 19.4 Å². The van der Waals surface area contributed by atoms with Crippen molar-refractivity contribution in [2.24, 2.45) is 0 Å². The first-order valence-electron chi connectivity index (χ1n) is 9.98. The number of carbonyl (C=O) groups excluding carboxylic acids is 1. The summed E-state index contributed by atoms with van der Waals surface area (Å²) in [6.45, 7) is 2.81. The van der Waals surface area contributed by atoms with Crippen LogP contribution >= 0.6 is 11.3 Å². The molecule has 0 spiro atoms. The van der Waals surface area contributed by atoms with Crippen LogP contribution in [0.25, 0.3) is 27.8 Å².